The quantitative estimate of drug-likeness (QED) is 0.657. The molecule has 1 aliphatic rings. The molecule has 1 N–H and O–H groups in total. The highest BCUT2D eigenvalue weighted by molar-refractivity contribution is 7.19. The molecule has 0 aliphatic heterocycles. The average molecular weight is 398 g/mol. The van der Waals surface area contributed by atoms with E-state index in [0.29, 0.717) is 19.8 Å². The van der Waals surface area contributed by atoms with Gasteiger partial charge < -0.3 is 14.7 Å². The van der Waals surface area contributed by atoms with Gasteiger partial charge in [0, 0.05) is 18.5 Å². The first kappa shape index (κ1) is 19.3. The summed E-state index contributed by atoms with van der Waals surface area (Å²) < 4.78 is 5.69. The highest BCUT2D eigenvalue weighted by atomic mass is 32.1. The van der Waals surface area contributed by atoms with Crippen LogP contribution in [0.1, 0.15) is 29.3 Å². The summed E-state index contributed by atoms with van der Waals surface area (Å²) in [4.78, 5) is 13.6. The fourth-order valence-electron chi connectivity index (χ4n) is 3.89. The zero-order valence-corrected chi connectivity index (χ0v) is 17.3. The second kappa shape index (κ2) is 8.55. The molecular weight excluding hydrogens is 370 g/mol. The van der Waals surface area contributed by atoms with Crippen molar-refractivity contribution in [2.45, 2.75) is 38.9 Å². The SMILES string of the molecule is CC1CCc2c(sc3ncnc(N(C)CC(O)COCc4ccccc4)c23)C1. The molecule has 2 aromatic heterocycles. The van der Waals surface area contributed by atoms with Crippen molar-refractivity contribution in [2.24, 2.45) is 5.92 Å². The number of aryl methyl sites for hydroxylation is 1. The van der Waals surface area contributed by atoms with Crippen LogP contribution in [-0.2, 0) is 24.2 Å². The van der Waals surface area contributed by atoms with Crippen molar-refractivity contribution in [3.05, 3.63) is 52.7 Å². The van der Waals surface area contributed by atoms with Crippen LogP contribution < -0.4 is 4.90 Å². The second-order valence-corrected chi connectivity index (χ2v) is 8.85. The zero-order chi connectivity index (χ0) is 19.5. The Balaban J connectivity index is 1.43. The lowest BCUT2D eigenvalue weighted by Crippen LogP contribution is -2.32. The van der Waals surface area contributed by atoms with Gasteiger partial charge in [0.05, 0.1) is 24.7 Å². The van der Waals surface area contributed by atoms with Crippen LogP contribution >= 0.6 is 11.3 Å². The lowest BCUT2D eigenvalue weighted by Gasteiger charge is -2.23. The maximum absolute atomic E-state index is 10.4. The highest BCUT2D eigenvalue weighted by Crippen LogP contribution is 2.40. The molecule has 0 saturated heterocycles. The lowest BCUT2D eigenvalue weighted by atomic mass is 9.89. The van der Waals surface area contributed by atoms with E-state index < -0.39 is 6.10 Å². The van der Waals surface area contributed by atoms with Crippen LogP contribution in [-0.4, -0.2) is 41.4 Å². The number of hydrogen-bond donors (Lipinski definition) is 1. The molecule has 0 fully saturated rings. The van der Waals surface area contributed by atoms with E-state index in [1.165, 1.54) is 22.2 Å². The monoisotopic (exact) mass is 397 g/mol. The fraction of sp³-hybridized carbons (Fsp3) is 0.455. The number of aliphatic hydroxyl groups excluding tert-OH is 1. The fourth-order valence-corrected chi connectivity index (χ4v) is 5.24. The van der Waals surface area contributed by atoms with E-state index in [1.54, 1.807) is 17.7 Å². The number of anilines is 1. The Morgan fingerprint density at radius 1 is 1.29 bits per heavy atom. The van der Waals surface area contributed by atoms with Gasteiger partial charge in [-0.1, -0.05) is 37.3 Å². The number of rotatable bonds is 7. The van der Waals surface area contributed by atoms with Crippen LogP contribution in [0, 0.1) is 5.92 Å². The van der Waals surface area contributed by atoms with Gasteiger partial charge >= 0.3 is 0 Å². The molecule has 4 rings (SSSR count). The van der Waals surface area contributed by atoms with Crippen LogP contribution in [0.15, 0.2) is 36.7 Å². The molecule has 2 unspecified atom stereocenters. The molecule has 2 heterocycles. The Bertz CT molecular complexity index is 928. The molecule has 5 nitrogen and oxygen atoms in total. The molecule has 1 aromatic carbocycles. The van der Waals surface area contributed by atoms with Gasteiger partial charge in [0.2, 0.25) is 0 Å². The smallest absolute Gasteiger partial charge is 0.140 e. The number of ether oxygens (including phenoxy) is 1. The number of nitrogens with zero attached hydrogens (tertiary/aromatic N) is 3. The minimum atomic E-state index is -0.576. The Labute approximate surface area is 170 Å². The highest BCUT2D eigenvalue weighted by Gasteiger charge is 2.24. The number of fused-ring (bicyclic) bond motifs is 3. The number of aliphatic hydroxyl groups is 1. The van der Waals surface area contributed by atoms with Crippen molar-refractivity contribution in [1.29, 1.82) is 0 Å². The predicted molar refractivity (Wildman–Crippen MR) is 114 cm³/mol. The van der Waals surface area contributed by atoms with E-state index in [-0.39, 0.29) is 0 Å². The summed E-state index contributed by atoms with van der Waals surface area (Å²) in [5, 5.41) is 11.6. The van der Waals surface area contributed by atoms with Crippen LogP contribution in [0.5, 0.6) is 0 Å². The summed E-state index contributed by atoms with van der Waals surface area (Å²) in [5.74, 6) is 1.65. The lowest BCUT2D eigenvalue weighted by molar-refractivity contribution is 0.0324. The van der Waals surface area contributed by atoms with Crippen molar-refractivity contribution in [3.8, 4) is 0 Å². The van der Waals surface area contributed by atoms with Crippen molar-refractivity contribution in [2.75, 3.05) is 25.1 Å². The number of benzene rings is 1. The molecule has 0 spiro atoms. The van der Waals surface area contributed by atoms with Crippen molar-refractivity contribution < 1.29 is 9.84 Å². The van der Waals surface area contributed by atoms with E-state index in [0.717, 1.165) is 35.0 Å². The zero-order valence-electron chi connectivity index (χ0n) is 16.5. The third-order valence-electron chi connectivity index (χ3n) is 5.34. The van der Waals surface area contributed by atoms with Gasteiger partial charge in [0.1, 0.15) is 17.0 Å². The summed E-state index contributed by atoms with van der Waals surface area (Å²) in [6.07, 6.45) is 4.50. The van der Waals surface area contributed by atoms with Gasteiger partial charge in [-0.3, -0.25) is 0 Å². The van der Waals surface area contributed by atoms with Gasteiger partial charge in [-0.05, 0) is 36.3 Å². The molecule has 0 saturated carbocycles. The van der Waals surface area contributed by atoms with Crippen molar-refractivity contribution in [3.63, 3.8) is 0 Å². The number of aromatic nitrogens is 2. The standard InChI is InChI=1S/C22H27N3O2S/c1-15-8-9-18-19(10-15)28-22-20(18)21(23-14-24-22)25(2)11-17(26)13-27-12-16-6-4-3-5-7-16/h3-7,14-15,17,26H,8-13H2,1-2H3. The molecule has 0 bridgehead atoms. The maximum Gasteiger partial charge on any atom is 0.140 e. The number of hydrogen-bond acceptors (Lipinski definition) is 6. The van der Waals surface area contributed by atoms with Crippen LogP contribution in [0.3, 0.4) is 0 Å². The van der Waals surface area contributed by atoms with Gasteiger partial charge in [0.15, 0.2) is 0 Å². The summed E-state index contributed by atoms with van der Waals surface area (Å²) in [6.45, 7) is 3.60. The topological polar surface area (TPSA) is 58.5 Å². The Morgan fingerprint density at radius 3 is 2.93 bits per heavy atom. The van der Waals surface area contributed by atoms with E-state index in [2.05, 4.69) is 16.9 Å². The van der Waals surface area contributed by atoms with Gasteiger partial charge in [0.25, 0.3) is 0 Å². The third-order valence-corrected chi connectivity index (χ3v) is 6.50. The normalized spacial score (nSPS) is 17.5. The molecule has 0 radical (unpaired) electrons. The first-order valence-electron chi connectivity index (χ1n) is 9.88. The first-order valence-corrected chi connectivity index (χ1v) is 10.7. The number of thiophene rings is 1. The average Bonchev–Trinajstić information content (AvgIpc) is 3.06. The summed E-state index contributed by atoms with van der Waals surface area (Å²) in [6, 6.07) is 10.0. The van der Waals surface area contributed by atoms with E-state index in [9.17, 15) is 5.11 Å². The van der Waals surface area contributed by atoms with E-state index in [1.807, 2.05) is 42.3 Å². The van der Waals surface area contributed by atoms with Crippen molar-refractivity contribution >= 4 is 27.4 Å². The molecule has 0 amide bonds. The van der Waals surface area contributed by atoms with Gasteiger partial charge in [-0.25, -0.2) is 9.97 Å². The molecule has 148 valence electrons. The number of likely N-dealkylation sites (N-methyl/N-ethyl adjacent to an activating group) is 1. The molecule has 28 heavy (non-hydrogen) atoms. The third kappa shape index (κ3) is 4.19. The van der Waals surface area contributed by atoms with Crippen LogP contribution in [0.25, 0.3) is 10.2 Å². The van der Waals surface area contributed by atoms with Gasteiger partial charge in [-0.2, -0.15) is 0 Å². The Kier molecular flexibility index (Phi) is 5.90. The molecule has 3 aromatic rings. The second-order valence-electron chi connectivity index (χ2n) is 7.76. The minimum Gasteiger partial charge on any atom is -0.389 e. The predicted octanol–water partition coefficient (Wildman–Crippen LogP) is 3.83. The molecular formula is C22H27N3O2S. The largest absolute Gasteiger partial charge is 0.389 e. The Hall–Kier alpha value is -2.02. The van der Waals surface area contributed by atoms with E-state index >= 15 is 0 Å². The van der Waals surface area contributed by atoms with Crippen molar-refractivity contribution in [1.82, 2.24) is 9.97 Å². The molecule has 6 heteroatoms. The minimum absolute atomic E-state index is 0.298. The van der Waals surface area contributed by atoms with E-state index in [4.69, 9.17) is 4.74 Å². The van der Waals surface area contributed by atoms with Gasteiger partial charge in [-0.15, -0.1) is 11.3 Å². The Morgan fingerprint density at radius 2 is 2.11 bits per heavy atom. The summed E-state index contributed by atoms with van der Waals surface area (Å²) in [5.41, 5.74) is 2.52. The molecule has 2 atom stereocenters. The maximum atomic E-state index is 10.4. The van der Waals surface area contributed by atoms with Crippen LogP contribution in [0.4, 0.5) is 5.82 Å². The van der Waals surface area contributed by atoms with Crippen LogP contribution in [0.2, 0.25) is 0 Å². The molecule has 1 aliphatic carbocycles. The summed E-state index contributed by atoms with van der Waals surface area (Å²) >= 11 is 1.80. The summed E-state index contributed by atoms with van der Waals surface area (Å²) in [7, 11) is 1.98. The first-order chi connectivity index (χ1) is 13.6.